The average Bonchev–Trinajstić information content (AvgIpc) is 2.64. The molecule has 0 saturated heterocycles. The fraction of sp³-hybridized carbons (Fsp3) is 0.280. The minimum Gasteiger partial charge on any atom is -0.385 e. The second-order valence-electron chi connectivity index (χ2n) is 7.75. The van der Waals surface area contributed by atoms with Gasteiger partial charge in [-0.2, -0.15) is 0 Å². The molecule has 0 bridgehead atoms. The van der Waals surface area contributed by atoms with Gasteiger partial charge in [-0.25, -0.2) is 0 Å². The van der Waals surface area contributed by atoms with Crippen LogP contribution in [0.3, 0.4) is 0 Å². The predicted octanol–water partition coefficient (Wildman–Crippen LogP) is 7.36. The van der Waals surface area contributed by atoms with Gasteiger partial charge in [-0.3, -0.25) is 0 Å². The normalized spacial score (nSPS) is 14.0. The lowest BCUT2D eigenvalue weighted by molar-refractivity contribution is 0.418. The second-order valence-corrected chi connectivity index (χ2v) is 7.91. The zero-order chi connectivity index (χ0) is 18.8. The highest BCUT2D eigenvalue weighted by molar-refractivity contribution is 6.09. The summed E-state index contributed by atoms with van der Waals surface area (Å²) in [4.78, 5) is 0. The Morgan fingerprint density at radius 1 is 0.852 bits per heavy atom. The largest absolute Gasteiger partial charge is 0.385 e. The topological polar surface area (TPSA) is 9.23 Å². The summed E-state index contributed by atoms with van der Waals surface area (Å²) in [5.74, 6) is 1.49. The summed E-state index contributed by atoms with van der Waals surface area (Å²) in [7, 11) is 0. The molecular weight excluding hydrogens is 352 g/mol. The van der Waals surface area contributed by atoms with Gasteiger partial charge >= 0.3 is 0 Å². The van der Waals surface area contributed by atoms with Gasteiger partial charge in [-0.15, -0.1) is 0 Å². The first kappa shape index (κ1) is 18.1. The number of halogens is 1. The van der Waals surface area contributed by atoms with Crippen LogP contribution in [0, 0.1) is 13.8 Å². The highest BCUT2D eigenvalue weighted by atomic mass is 35.5. The van der Waals surface area contributed by atoms with Crippen molar-refractivity contribution in [3.05, 3.63) is 88.5 Å². The second kappa shape index (κ2) is 7.78. The molecule has 0 radical (unpaired) electrons. The highest BCUT2D eigenvalue weighted by Crippen LogP contribution is 2.39. The molecule has 1 fully saturated rings. The zero-order valence-corrected chi connectivity index (χ0v) is 16.7. The van der Waals surface area contributed by atoms with Crippen LogP contribution in [0.2, 0.25) is 0 Å². The molecule has 3 aromatic rings. The average molecular weight is 377 g/mol. The van der Waals surface area contributed by atoms with Crippen molar-refractivity contribution in [1.82, 2.24) is 0 Å². The van der Waals surface area contributed by atoms with Crippen molar-refractivity contribution >= 4 is 11.9 Å². The van der Waals surface area contributed by atoms with Crippen LogP contribution in [0.25, 0.3) is 11.1 Å². The van der Waals surface area contributed by atoms with Crippen LogP contribution in [0.15, 0.2) is 60.7 Å². The minimum atomic E-state index is 0.731. The third-order valence-electron chi connectivity index (χ3n) is 5.83. The summed E-state index contributed by atoms with van der Waals surface area (Å²) in [5.41, 5.74) is 9.10. The summed E-state index contributed by atoms with van der Waals surface area (Å²) in [6.45, 7) is 4.24. The Labute approximate surface area is 167 Å². The molecule has 0 unspecified atom stereocenters. The fourth-order valence-electron chi connectivity index (χ4n) is 3.91. The molecule has 1 nitrogen and oxygen atoms in total. The van der Waals surface area contributed by atoms with Crippen LogP contribution in [-0.2, 0) is 6.42 Å². The molecule has 0 aliphatic heterocycles. The van der Waals surface area contributed by atoms with Gasteiger partial charge in [0.15, 0.2) is 0 Å². The van der Waals surface area contributed by atoms with E-state index < -0.39 is 0 Å². The number of aryl methyl sites for hydroxylation is 2. The Bertz CT molecular complexity index is 956. The first-order valence-electron chi connectivity index (χ1n) is 9.72. The monoisotopic (exact) mass is 376 g/mol. The molecule has 0 aromatic heterocycles. The molecule has 1 saturated carbocycles. The molecular formula is C25H25ClO. The van der Waals surface area contributed by atoms with Crippen LogP contribution >= 0.6 is 11.9 Å². The highest BCUT2D eigenvalue weighted by Gasteiger charge is 2.21. The minimum absolute atomic E-state index is 0.731. The SMILES string of the molecule is Cc1ccc(Cc2cccc(-c3ccc(C)c(C4CCC4)c3)c2)cc1OCl. The Balaban J connectivity index is 1.61. The number of benzene rings is 3. The Hall–Kier alpha value is -2.25. The Morgan fingerprint density at radius 2 is 1.59 bits per heavy atom. The molecule has 0 spiro atoms. The summed E-state index contributed by atoms with van der Waals surface area (Å²) < 4.78 is 4.95. The van der Waals surface area contributed by atoms with Gasteiger partial charge in [-0.05, 0) is 84.0 Å². The third kappa shape index (κ3) is 3.89. The maximum atomic E-state index is 5.58. The van der Waals surface area contributed by atoms with E-state index in [9.17, 15) is 0 Å². The van der Waals surface area contributed by atoms with Crippen LogP contribution in [0.5, 0.6) is 5.75 Å². The number of rotatable bonds is 5. The molecule has 0 heterocycles. The van der Waals surface area contributed by atoms with E-state index in [1.807, 2.05) is 13.0 Å². The summed E-state index contributed by atoms with van der Waals surface area (Å²) >= 11 is 5.58. The smallest absolute Gasteiger partial charge is 0.149 e. The zero-order valence-electron chi connectivity index (χ0n) is 16.0. The maximum Gasteiger partial charge on any atom is 0.149 e. The molecule has 3 aromatic carbocycles. The number of hydrogen-bond acceptors (Lipinski definition) is 1. The summed E-state index contributed by atoms with van der Waals surface area (Å²) in [6.07, 6.45) is 4.91. The molecule has 27 heavy (non-hydrogen) atoms. The van der Waals surface area contributed by atoms with Crippen molar-refractivity contribution in [3.63, 3.8) is 0 Å². The number of hydrogen-bond donors (Lipinski definition) is 0. The molecule has 1 aliphatic carbocycles. The van der Waals surface area contributed by atoms with Crippen molar-refractivity contribution in [2.75, 3.05) is 0 Å². The quantitative estimate of drug-likeness (QED) is 0.452. The van der Waals surface area contributed by atoms with E-state index in [0.717, 1.165) is 23.7 Å². The lowest BCUT2D eigenvalue weighted by atomic mass is 9.77. The van der Waals surface area contributed by atoms with Crippen LogP contribution in [0.4, 0.5) is 0 Å². The van der Waals surface area contributed by atoms with E-state index in [2.05, 4.69) is 61.5 Å². The standard InChI is InChI=1S/C25H25ClO/c1-17-10-12-23(16-24(17)21-6-4-7-21)22-8-3-5-19(14-22)13-20-11-9-18(2)25(15-20)27-26/h3,5,8-12,14-16,21H,4,6-7,13H2,1-2H3. The van der Waals surface area contributed by atoms with E-state index in [4.69, 9.17) is 16.2 Å². The van der Waals surface area contributed by atoms with Gasteiger partial charge < -0.3 is 4.29 Å². The van der Waals surface area contributed by atoms with E-state index in [1.165, 1.54) is 52.6 Å². The summed E-state index contributed by atoms with van der Waals surface area (Å²) in [5, 5.41) is 0. The third-order valence-corrected chi connectivity index (χ3v) is 5.99. The van der Waals surface area contributed by atoms with E-state index >= 15 is 0 Å². The van der Waals surface area contributed by atoms with Gasteiger partial charge in [0, 0.05) is 0 Å². The lowest BCUT2D eigenvalue weighted by Crippen LogP contribution is -2.10. The van der Waals surface area contributed by atoms with Crippen molar-refractivity contribution in [1.29, 1.82) is 0 Å². The molecule has 0 amide bonds. The van der Waals surface area contributed by atoms with Crippen LogP contribution in [-0.4, -0.2) is 0 Å². The van der Waals surface area contributed by atoms with Crippen molar-refractivity contribution in [3.8, 4) is 16.9 Å². The van der Waals surface area contributed by atoms with Crippen LogP contribution < -0.4 is 4.29 Å². The van der Waals surface area contributed by atoms with Gasteiger partial charge in [0.05, 0.1) is 0 Å². The Morgan fingerprint density at radius 3 is 2.33 bits per heavy atom. The first-order chi connectivity index (χ1) is 13.1. The van der Waals surface area contributed by atoms with Gasteiger partial charge in [-0.1, -0.05) is 61.0 Å². The maximum absolute atomic E-state index is 5.58. The Kier molecular flexibility index (Phi) is 5.22. The molecule has 0 N–H and O–H groups in total. The van der Waals surface area contributed by atoms with Crippen molar-refractivity contribution in [2.24, 2.45) is 0 Å². The molecule has 0 atom stereocenters. The fourth-order valence-corrected chi connectivity index (χ4v) is 4.08. The van der Waals surface area contributed by atoms with Gasteiger partial charge in [0.25, 0.3) is 0 Å². The first-order valence-corrected chi connectivity index (χ1v) is 10.0. The van der Waals surface area contributed by atoms with E-state index in [1.54, 1.807) is 0 Å². The van der Waals surface area contributed by atoms with Crippen LogP contribution in [0.1, 0.15) is 53.0 Å². The van der Waals surface area contributed by atoms with Gasteiger partial charge in [0.2, 0.25) is 0 Å². The molecule has 2 heteroatoms. The molecule has 1 aliphatic rings. The van der Waals surface area contributed by atoms with E-state index in [0.29, 0.717) is 0 Å². The predicted molar refractivity (Wildman–Crippen MR) is 114 cm³/mol. The van der Waals surface area contributed by atoms with Crippen molar-refractivity contribution < 1.29 is 4.29 Å². The molecule has 4 rings (SSSR count). The van der Waals surface area contributed by atoms with Crippen molar-refractivity contribution in [2.45, 2.75) is 45.4 Å². The molecule has 138 valence electrons. The van der Waals surface area contributed by atoms with Gasteiger partial charge in [0.1, 0.15) is 17.6 Å². The lowest BCUT2D eigenvalue weighted by Gasteiger charge is -2.27. The van der Waals surface area contributed by atoms with E-state index in [-0.39, 0.29) is 0 Å². The summed E-state index contributed by atoms with van der Waals surface area (Å²) in [6, 6.07) is 22.0.